The highest BCUT2D eigenvalue weighted by Gasteiger charge is 2.08. The van der Waals surface area contributed by atoms with Gasteiger partial charge in [-0.2, -0.15) is 4.37 Å². The first-order valence-electron chi connectivity index (χ1n) is 5.90. The lowest BCUT2D eigenvalue weighted by molar-refractivity contribution is 0.410. The number of hydrogen-bond donors (Lipinski definition) is 1. The SMILES string of the molecule is COc1ccccc1CNc1nc(C(C)C)ns1. The third-order valence-electron chi connectivity index (χ3n) is 2.58. The predicted molar refractivity (Wildman–Crippen MR) is 74.3 cm³/mol. The van der Waals surface area contributed by atoms with Crippen molar-refractivity contribution < 1.29 is 4.74 Å². The third-order valence-corrected chi connectivity index (χ3v) is 3.27. The molecule has 0 amide bonds. The summed E-state index contributed by atoms with van der Waals surface area (Å²) in [5.74, 6) is 2.14. The van der Waals surface area contributed by atoms with Gasteiger partial charge in [-0.1, -0.05) is 32.0 Å². The molecule has 0 radical (unpaired) electrons. The molecule has 2 aromatic rings. The minimum atomic E-state index is 0.364. The second-order valence-electron chi connectivity index (χ2n) is 4.28. The van der Waals surface area contributed by atoms with E-state index in [1.165, 1.54) is 11.5 Å². The molecule has 0 atom stereocenters. The molecule has 1 heterocycles. The van der Waals surface area contributed by atoms with Crippen molar-refractivity contribution in [3.05, 3.63) is 35.7 Å². The number of para-hydroxylation sites is 1. The lowest BCUT2D eigenvalue weighted by atomic mass is 10.2. The normalized spacial score (nSPS) is 10.7. The number of anilines is 1. The van der Waals surface area contributed by atoms with E-state index in [2.05, 4.69) is 28.5 Å². The zero-order valence-corrected chi connectivity index (χ0v) is 11.6. The molecule has 5 heteroatoms. The van der Waals surface area contributed by atoms with Gasteiger partial charge in [-0.25, -0.2) is 4.98 Å². The summed E-state index contributed by atoms with van der Waals surface area (Å²) in [5.41, 5.74) is 1.11. The van der Waals surface area contributed by atoms with Gasteiger partial charge in [0.05, 0.1) is 7.11 Å². The van der Waals surface area contributed by atoms with Crippen LogP contribution in [0.5, 0.6) is 5.75 Å². The van der Waals surface area contributed by atoms with Crippen molar-refractivity contribution in [2.24, 2.45) is 0 Å². The van der Waals surface area contributed by atoms with Crippen LogP contribution in [0.4, 0.5) is 5.13 Å². The number of benzene rings is 1. The van der Waals surface area contributed by atoms with Crippen LogP contribution in [0.25, 0.3) is 0 Å². The zero-order chi connectivity index (χ0) is 13.0. The first-order chi connectivity index (χ1) is 8.70. The Bertz CT molecular complexity index is 510. The monoisotopic (exact) mass is 263 g/mol. The fraction of sp³-hybridized carbons (Fsp3) is 0.385. The van der Waals surface area contributed by atoms with Crippen molar-refractivity contribution in [1.82, 2.24) is 9.36 Å². The van der Waals surface area contributed by atoms with Gasteiger partial charge in [-0.05, 0) is 6.07 Å². The fourth-order valence-electron chi connectivity index (χ4n) is 1.56. The number of methoxy groups -OCH3 is 1. The van der Waals surface area contributed by atoms with Gasteiger partial charge in [-0.3, -0.25) is 0 Å². The molecular formula is C13H17N3OS. The van der Waals surface area contributed by atoms with Crippen LogP contribution in [0.1, 0.15) is 31.2 Å². The summed E-state index contributed by atoms with van der Waals surface area (Å²) in [5, 5.41) is 4.13. The second-order valence-corrected chi connectivity index (χ2v) is 5.03. The minimum absolute atomic E-state index is 0.364. The Kier molecular flexibility index (Phi) is 4.15. The standard InChI is InChI=1S/C13H17N3OS/c1-9(2)12-15-13(18-16-12)14-8-10-6-4-5-7-11(10)17-3/h4-7,9H,8H2,1-3H3,(H,14,15,16). The fourth-order valence-corrected chi connectivity index (χ4v) is 2.26. The van der Waals surface area contributed by atoms with Crippen LogP contribution in [-0.2, 0) is 6.54 Å². The number of nitrogens with one attached hydrogen (secondary N) is 1. The molecule has 0 aliphatic rings. The molecule has 0 fully saturated rings. The molecule has 0 aliphatic carbocycles. The summed E-state index contributed by atoms with van der Waals surface area (Å²) in [4.78, 5) is 4.44. The van der Waals surface area contributed by atoms with Crippen LogP contribution in [0.15, 0.2) is 24.3 Å². The van der Waals surface area contributed by atoms with E-state index in [0.29, 0.717) is 12.5 Å². The maximum atomic E-state index is 5.30. The Morgan fingerprint density at radius 3 is 2.78 bits per heavy atom. The first kappa shape index (κ1) is 12.8. The number of hydrogen-bond acceptors (Lipinski definition) is 5. The van der Waals surface area contributed by atoms with Crippen LogP contribution in [0.3, 0.4) is 0 Å². The Labute approximate surface area is 111 Å². The van der Waals surface area contributed by atoms with E-state index in [0.717, 1.165) is 22.3 Å². The van der Waals surface area contributed by atoms with Crippen LogP contribution in [0, 0.1) is 0 Å². The molecule has 0 spiro atoms. The van der Waals surface area contributed by atoms with E-state index < -0.39 is 0 Å². The summed E-state index contributed by atoms with van der Waals surface area (Å²) < 4.78 is 9.61. The molecule has 0 aliphatic heterocycles. The summed E-state index contributed by atoms with van der Waals surface area (Å²) in [7, 11) is 1.68. The van der Waals surface area contributed by atoms with Gasteiger partial charge in [0.2, 0.25) is 5.13 Å². The Balaban J connectivity index is 2.02. The van der Waals surface area contributed by atoms with Crippen LogP contribution in [0.2, 0.25) is 0 Å². The van der Waals surface area contributed by atoms with Gasteiger partial charge in [0.25, 0.3) is 0 Å². The van der Waals surface area contributed by atoms with Crippen molar-refractivity contribution in [2.75, 3.05) is 12.4 Å². The highest BCUT2D eigenvalue weighted by molar-refractivity contribution is 7.09. The second kappa shape index (κ2) is 5.82. The van der Waals surface area contributed by atoms with Crippen LogP contribution in [-0.4, -0.2) is 16.5 Å². The van der Waals surface area contributed by atoms with Gasteiger partial charge >= 0.3 is 0 Å². The highest BCUT2D eigenvalue weighted by atomic mass is 32.1. The van der Waals surface area contributed by atoms with E-state index in [-0.39, 0.29) is 0 Å². The Morgan fingerprint density at radius 2 is 2.11 bits per heavy atom. The maximum absolute atomic E-state index is 5.30. The van der Waals surface area contributed by atoms with Crippen LogP contribution < -0.4 is 10.1 Å². The molecule has 18 heavy (non-hydrogen) atoms. The molecule has 4 nitrogen and oxygen atoms in total. The molecule has 0 saturated carbocycles. The number of rotatable bonds is 5. The van der Waals surface area contributed by atoms with E-state index in [4.69, 9.17) is 4.74 Å². The van der Waals surface area contributed by atoms with Gasteiger partial charge in [-0.15, -0.1) is 0 Å². The van der Waals surface area contributed by atoms with Gasteiger partial charge < -0.3 is 10.1 Å². The van der Waals surface area contributed by atoms with E-state index in [1.807, 2.05) is 24.3 Å². The summed E-state index contributed by atoms with van der Waals surface area (Å²) in [6, 6.07) is 7.95. The van der Waals surface area contributed by atoms with E-state index >= 15 is 0 Å². The van der Waals surface area contributed by atoms with Crippen molar-refractivity contribution in [3.63, 3.8) is 0 Å². The molecule has 0 saturated heterocycles. The molecule has 1 aromatic heterocycles. The molecular weight excluding hydrogens is 246 g/mol. The van der Waals surface area contributed by atoms with E-state index in [1.54, 1.807) is 7.11 Å². The van der Waals surface area contributed by atoms with Gasteiger partial charge in [0, 0.05) is 29.6 Å². The number of aromatic nitrogens is 2. The molecule has 1 aromatic carbocycles. The van der Waals surface area contributed by atoms with Crippen molar-refractivity contribution in [2.45, 2.75) is 26.3 Å². The molecule has 96 valence electrons. The number of nitrogens with zero attached hydrogens (tertiary/aromatic N) is 2. The molecule has 1 N–H and O–H groups in total. The largest absolute Gasteiger partial charge is 0.496 e. The zero-order valence-electron chi connectivity index (χ0n) is 10.8. The minimum Gasteiger partial charge on any atom is -0.496 e. The Hall–Kier alpha value is -1.62. The van der Waals surface area contributed by atoms with Gasteiger partial charge in [0.15, 0.2) is 0 Å². The van der Waals surface area contributed by atoms with E-state index in [9.17, 15) is 0 Å². The maximum Gasteiger partial charge on any atom is 0.202 e. The molecule has 0 bridgehead atoms. The summed E-state index contributed by atoms with van der Waals surface area (Å²) in [6.45, 7) is 4.87. The first-order valence-corrected chi connectivity index (χ1v) is 6.67. The highest BCUT2D eigenvalue weighted by Crippen LogP contribution is 2.21. The van der Waals surface area contributed by atoms with Crippen molar-refractivity contribution >= 4 is 16.7 Å². The van der Waals surface area contributed by atoms with Crippen molar-refractivity contribution in [3.8, 4) is 5.75 Å². The average Bonchev–Trinajstić information content (AvgIpc) is 2.85. The van der Waals surface area contributed by atoms with Crippen LogP contribution >= 0.6 is 11.5 Å². The van der Waals surface area contributed by atoms with Gasteiger partial charge in [0.1, 0.15) is 11.6 Å². The van der Waals surface area contributed by atoms with Crippen molar-refractivity contribution in [1.29, 1.82) is 0 Å². The summed E-state index contributed by atoms with van der Waals surface area (Å²) >= 11 is 1.40. The lowest BCUT2D eigenvalue weighted by Crippen LogP contribution is -2.01. The Morgan fingerprint density at radius 1 is 1.33 bits per heavy atom. The lowest BCUT2D eigenvalue weighted by Gasteiger charge is -2.08. The smallest absolute Gasteiger partial charge is 0.202 e. The average molecular weight is 263 g/mol. The molecule has 0 unspecified atom stereocenters. The predicted octanol–water partition coefficient (Wildman–Crippen LogP) is 3.28. The third kappa shape index (κ3) is 2.98. The summed E-state index contributed by atoms with van der Waals surface area (Å²) in [6.07, 6.45) is 0. The topological polar surface area (TPSA) is 47.0 Å². The number of ether oxygens (including phenoxy) is 1. The quantitative estimate of drug-likeness (QED) is 0.899. The molecule has 2 rings (SSSR count).